The van der Waals surface area contributed by atoms with Gasteiger partial charge in [-0.15, -0.1) is 0 Å². The lowest BCUT2D eigenvalue weighted by Gasteiger charge is -2.07. The molecule has 0 spiro atoms. The normalized spacial score (nSPS) is 11.3. The van der Waals surface area contributed by atoms with Crippen LogP contribution in [0.2, 0.25) is 0 Å². The van der Waals surface area contributed by atoms with Gasteiger partial charge in [0.2, 0.25) is 20.0 Å². The van der Waals surface area contributed by atoms with Gasteiger partial charge >= 0.3 is 5.97 Å². The van der Waals surface area contributed by atoms with Crippen molar-refractivity contribution in [3.05, 3.63) is 46.4 Å². The topological polar surface area (TPSA) is 171 Å². The molecule has 0 aliphatic carbocycles. The van der Waals surface area contributed by atoms with E-state index in [1.807, 2.05) is 0 Å². The second kappa shape index (κ2) is 10.0. The minimum absolute atomic E-state index is 0.0267. The Morgan fingerprint density at radius 1 is 0.897 bits per heavy atom. The molecule has 0 radical (unpaired) electrons. The Hall–Kier alpha value is -2.19. The molecule has 10 nitrogen and oxygen atoms in total. The minimum Gasteiger partial charge on any atom is -0.465 e. The van der Waals surface area contributed by atoms with Crippen molar-refractivity contribution in [1.29, 1.82) is 0 Å². The van der Waals surface area contributed by atoms with E-state index in [0.717, 1.165) is 0 Å². The Labute approximate surface area is 177 Å². The first-order chi connectivity index (χ1) is 13.4. The molecule has 0 aliphatic heterocycles. The average molecular weight is 509 g/mol. The van der Waals surface area contributed by atoms with Crippen molar-refractivity contribution in [2.24, 2.45) is 0 Å². The number of rotatable bonds is 5. The number of sulfonamides is 2. The number of nitrogens with two attached hydrogens (primary N) is 2. The molecule has 0 heterocycles. The van der Waals surface area contributed by atoms with Crippen molar-refractivity contribution in [2.45, 2.75) is 9.79 Å². The zero-order chi connectivity index (χ0) is 22.4. The highest BCUT2D eigenvalue weighted by Gasteiger charge is 2.17. The van der Waals surface area contributed by atoms with Crippen molar-refractivity contribution in [3.63, 3.8) is 0 Å². The van der Waals surface area contributed by atoms with Crippen LogP contribution in [0.3, 0.4) is 0 Å². The molecule has 0 amide bonds. The summed E-state index contributed by atoms with van der Waals surface area (Å²) in [6.07, 6.45) is 0. The lowest BCUT2D eigenvalue weighted by Crippen LogP contribution is -2.19. The average Bonchev–Trinajstić information content (AvgIpc) is 2.70. The third kappa shape index (κ3) is 6.40. The van der Waals surface area contributed by atoms with Gasteiger partial charge in [0, 0.05) is 15.8 Å². The van der Waals surface area contributed by atoms with Gasteiger partial charge in [-0.1, -0.05) is 0 Å². The Morgan fingerprint density at radius 2 is 1.34 bits per heavy atom. The van der Waals surface area contributed by atoms with Crippen LogP contribution >= 0.6 is 15.9 Å². The van der Waals surface area contributed by atoms with Gasteiger partial charge in [0.05, 0.1) is 22.5 Å². The molecule has 29 heavy (non-hydrogen) atoms. The predicted octanol–water partition coefficient (Wildman–Crippen LogP) is 0.903. The summed E-state index contributed by atoms with van der Waals surface area (Å²) in [6, 6.07) is 8.28. The van der Waals surface area contributed by atoms with E-state index in [-0.39, 0.29) is 21.0 Å². The highest BCUT2D eigenvalue weighted by atomic mass is 79.9. The van der Waals surface area contributed by atoms with E-state index in [4.69, 9.17) is 11.5 Å². The van der Waals surface area contributed by atoms with Gasteiger partial charge < -0.3 is 16.2 Å². The largest absolute Gasteiger partial charge is 0.465 e. The highest BCUT2D eigenvalue weighted by molar-refractivity contribution is 9.10. The molecule has 2 aromatic carbocycles. The van der Waals surface area contributed by atoms with Crippen molar-refractivity contribution in [1.82, 2.24) is 9.44 Å². The first-order valence-electron chi connectivity index (χ1n) is 7.79. The number of esters is 1. The van der Waals surface area contributed by atoms with Crippen LogP contribution < -0.4 is 20.9 Å². The van der Waals surface area contributed by atoms with Crippen LogP contribution in [0.4, 0.5) is 11.4 Å². The highest BCUT2D eigenvalue weighted by Crippen LogP contribution is 2.22. The van der Waals surface area contributed by atoms with Crippen LogP contribution in [0, 0.1) is 0 Å². The SMILES string of the molecule is CNS(=O)(=O)c1ccc(N)c(Br)c1.CNS(=O)(=O)c1ccc(N)c(C(=O)OC)c1. The van der Waals surface area contributed by atoms with Gasteiger partial charge in [-0.3, -0.25) is 0 Å². The lowest BCUT2D eigenvalue weighted by atomic mass is 10.2. The maximum Gasteiger partial charge on any atom is 0.339 e. The Morgan fingerprint density at radius 3 is 1.76 bits per heavy atom. The number of hydrogen-bond acceptors (Lipinski definition) is 8. The summed E-state index contributed by atoms with van der Waals surface area (Å²) >= 11 is 3.15. The second-order valence-electron chi connectivity index (χ2n) is 5.34. The van der Waals surface area contributed by atoms with Gasteiger partial charge in [0.15, 0.2) is 0 Å². The molecule has 6 N–H and O–H groups in total. The Balaban J connectivity index is 0.000000296. The van der Waals surface area contributed by atoms with E-state index in [2.05, 4.69) is 30.1 Å². The van der Waals surface area contributed by atoms with Crippen molar-refractivity contribution in [2.75, 3.05) is 32.7 Å². The molecule has 0 aromatic heterocycles. The number of anilines is 2. The number of carbonyl (C=O) groups is 1. The maximum atomic E-state index is 11.5. The van der Waals surface area contributed by atoms with Crippen LogP contribution in [0.25, 0.3) is 0 Å². The lowest BCUT2D eigenvalue weighted by molar-refractivity contribution is 0.0601. The molecule has 0 unspecified atom stereocenters. The molecular formula is C16H21BrN4O6S2. The molecule has 0 saturated carbocycles. The number of ether oxygens (including phenoxy) is 1. The zero-order valence-corrected chi connectivity index (χ0v) is 19.0. The van der Waals surface area contributed by atoms with Crippen molar-refractivity contribution in [3.8, 4) is 0 Å². The van der Waals surface area contributed by atoms with Gasteiger partial charge in [-0.25, -0.2) is 31.1 Å². The molecule has 2 aromatic rings. The third-order valence-corrected chi connectivity index (χ3v) is 7.07. The Kier molecular flexibility index (Phi) is 8.59. The Bertz CT molecular complexity index is 1100. The van der Waals surface area contributed by atoms with Gasteiger partial charge in [-0.2, -0.15) is 0 Å². The summed E-state index contributed by atoms with van der Waals surface area (Å²) in [5.41, 5.74) is 11.8. The number of methoxy groups -OCH3 is 1. The fourth-order valence-electron chi connectivity index (χ4n) is 1.90. The first-order valence-corrected chi connectivity index (χ1v) is 11.6. The fourth-order valence-corrected chi connectivity index (χ4v) is 3.94. The second-order valence-corrected chi connectivity index (χ2v) is 9.97. The molecular weight excluding hydrogens is 488 g/mol. The van der Waals surface area contributed by atoms with E-state index in [1.54, 1.807) is 0 Å². The van der Waals surface area contributed by atoms with Crippen LogP contribution in [0.5, 0.6) is 0 Å². The number of nitrogen functional groups attached to an aromatic ring is 2. The van der Waals surface area contributed by atoms with E-state index >= 15 is 0 Å². The number of carbonyl (C=O) groups excluding carboxylic acids is 1. The molecule has 0 aliphatic rings. The first kappa shape index (κ1) is 24.8. The van der Waals surface area contributed by atoms with Crippen LogP contribution in [-0.4, -0.2) is 44.0 Å². The van der Waals surface area contributed by atoms with Gasteiger partial charge in [0.1, 0.15) is 0 Å². The summed E-state index contributed by atoms with van der Waals surface area (Å²) < 4.78 is 54.9. The predicted molar refractivity (Wildman–Crippen MR) is 113 cm³/mol. The summed E-state index contributed by atoms with van der Waals surface area (Å²) in [5, 5.41) is 0. The number of halogens is 1. The van der Waals surface area contributed by atoms with Crippen molar-refractivity contribution >= 4 is 53.3 Å². The van der Waals surface area contributed by atoms with Crippen LogP contribution in [-0.2, 0) is 24.8 Å². The number of nitrogens with one attached hydrogen (secondary N) is 2. The quantitative estimate of drug-likeness (QED) is 0.340. The molecule has 0 bridgehead atoms. The monoisotopic (exact) mass is 508 g/mol. The molecule has 0 fully saturated rings. The van der Waals surface area contributed by atoms with E-state index in [9.17, 15) is 21.6 Å². The van der Waals surface area contributed by atoms with E-state index in [1.165, 1.54) is 57.6 Å². The van der Waals surface area contributed by atoms with Crippen molar-refractivity contribution < 1.29 is 26.4 Å². The number of hydrogen-bond donors (Lipinski definition) is 4. The summed E-state index contributed by atoms with van der Waals surface area (Å²) in [4.78, 5) is 11.4. The zero-order valence-electron chi connectivity index (χ0n) is 15.8. The fraction of sp³-hybridized carbons (Fsp3) is 0.188. The van der Waals surface area contributed by atoms with Gasteiger partial charge in [-0.05, 0) is 66.4 Å². The number of benzene rings is 2. The third-order valence-electron chi connectivity index (χ3n) is 3.56. The standard InChI is InChI=1S/C9H12N2O4S.C7H9BrN2O2S/c1-11-16(13,14)6-3-4-8(10)7(5-6)9(12)15-2;1-10-13(11,12)5-2-3-7(9)6(8)4-5/h3-5,11H,10H2,1-2H3;2-4,10H,9H2,1H3. The summed E-state index contributed by atoms with van der Waals surface area (Å²) in [6.45, 7) is 0. The minimum atomic E-state index is -3.59. The summed E-state index contributed by atoms with van der Waals surface area (Å²) in [5.74, 6) is -0.675. The van der Waals surface area contributed by atoms with Gasteiger partial charge in [0.25, 0.3) is 0 Å². The van der Waals surface area contributed by atoms with E-state index < -0.39 is 26.0 Å². The molecule has 0 saturated heterocycles. The van der Waals surface area contributed by atoms with Crippen LogP contribution in [0.15, 0.2) is 50.7 Å². The molecule has 160 valence electrons. The van der Waals surface area contributed by atoms with Crippen LogP contribution in [0.1, 0.15) is 10.4 Å². The molecule has 2 rings (SSSR count). The maximum absolute atomic E-state index is 11.5. The molecule has 13 heteroatoms. The van der Waals surface area contributed by atoms with E-state index in [0.29, 0.717) is 10.2 Å². The summed E-state index contributed by atoms with van der Waals surface area (Å²) in [7, 11) is -3.13. The smallest absolute Gasteiger partial charge is 0.339 e. The molecule has 0 atom stereocenters.